The minimum absolute atomic E-state index is 0.0993. The van der Waals surface area contributed by atoms with Crippen molar-refractivity contribution in [1.82, 2.24) is 0 Å². The molecule has 0 atom stereocenters. The van der Waals surface area contributed by atoms with Gasteiger partial charge < -0.3 is 16.0 Å². The quantitative estimate of drug-likeness (QED) is 0.607. The zero-order valence-electron chi connectivity index (χ0n) is 15.4. The zero-order valence-corrected chi connectivity index (χ0v) is 15.4. The zero-order chi connectivity index (χ0) is 20.1. The van der Waals surface area contributed by atoms with E-state index in [0.717, 1.165) is 38.8 Å². The van der Waals surface area contributed by atoms with Crippen molar-refractivity contribution >= 4 is 28.9 Å². The summed E-state index contributed by atoms with van der Waals surface area (Å²) in [5.74, 6) is -1.21. The third-order valence-corrected chi connectivity index (χ3v) is 4.82. The summed E-state index contributed by atoms with van der Waals surface area (Å²) in [7, 11) is 0. The molecule has 1 saturated heterocycles. The minimum Gasteiger partial charge on any atom is -0.366 e. The molecule has 1 fully saturated rings. The van der Waals surface area contributed by atoms with Crippen LogP contribution in [0.4, 0.5) is 17.1 Å². The number of nitrogens with two attached hydrogens (primary N) is 1. The van der Waals surface area contributed by atoms with E-state index in [9.17, 15) is 19.7 Å². The van der Waals surface area contributed by atoms with Crippen LogP contribution < -0.4 is 16.0 Å². The standard InChI is InChI=1S/C20H22N4O4/c21-19(25)15-7-3-4-8-16(15)22-20(26)14-9-10-17(18(13-14)24(27)28)23-11-5-1-2-6-12-23/h3-4,7-10,13H,1-2,5-6,11-12H2,(H2,21,25)(H,22,26). The largest absolute Gasteiger partial charge is 0.366 e. The van der Waals surface area contributed by atoms with E-state index < -0.39 is 16.7 Å². The molecule has 0 bridgehead atoms. The molecule has 0 radical (unpaired) electrons. The van der Waals surface area contributed by atoms with Gasteiger partial charge in [0, 0.05) is 24.7 Å². The Hall–Kier alpha value is -3.42. The number of nitrogens with zero attached hydrogens (tertiary/aromatic N) is 2. The van der Waals surface area contributed by atoms with Crippen LogP contribution in [0.2, 0.25) is 0 Å². The van der Waals surface area contributed by atoms with Crippen LogP contribution in [-0.2, 0) is 0 Å². The maximum atomic E-state index is 12.6. The van der Waals surface area contributed by atoms with E-state index in [0.29, 0.717) is 5.69 Å². The van der Waals surface area contributed by atoms with Crippen molar-refractivity contribution in [3.8, 4) is 0 Å². The summed E-state index contributed by atoms with van der Waals surface area (Å²) in [6, 6.07) is 10.8. The van der Waals surface area contributed by atoms with Crippen LogP contribution in [0.1, 0.15) is 46.4 Å². The molecule has 1 heterocycles. The smallest absolute Gasteiger partial charge is 0.293 e. The Labute approximate surface area is 162 Å². The van der Waals surface area contributed by atoms with Crippen LogP contribution >= 0.6 is 0 Å². The fourth-order valence-corrected chi connectivity index (χ4v) is 3.39. The lowest BCUT2D eigenvalue weighted by Crippen LogP contribution is -2.25. The average Bonchev–Trinajstić information content (AvgIpc) is 2.97. The number of anilines is 2. The van der Waals surface area contributed by atoms with E-state index in [1.54, 1.807) is 30.3 Å². The highest BCUT2D eigenvalue weighted by Gasteiger charge is 2.23. The predicted octanol–water partition coefficient (Wildman–Crippen LogP) is 3.33. The van der Waals surface area contributed by atoms with E-state index in [4.69, 9.17) is 5.73 Å². The van der Waals surface area contributed by atoms with Crippen molar-refractivity contribution in [3.63, 3.8) is 0 Å². The summed E-state index contributed by atoms with van der Waals surface area (Å²) in [5.41, 5.74) is 6.33. The number of para-hydroxylation sites is 1. The van der Waals surface area contributed by atoms with Crippen molar-refractivity contribution in [2.24, 2.45) is 5.73 Å². The minimum atomic E-state index is -0.668. The molecule has 1 aliphatic heterocycles. The molecule has 1 aliphatic rings. The predicted molar refractivity (Wildman–Crippen MR) is 107 cm³/mol. The Morgan fingerprint density at radius 2 is 1.71 bits per heavy atom. The maximum Gasteiger partial charge on any atom is 0.293 e. The summed E-state index contributed by atoms with van der Waals surface area (Å²) >= 11 is 0. The number of nitro groups is 1. The first kappa shape index (κ1) is 19.3. The molecule has 8 nitrogen and oxygen atoms in total. The van der Waals surface area contributed by atoms with Gasteiger partial charge in [-0.1, -0.05) is 25.0 Å². The van der Waals surface area contributed by atoms with Crippen LogP contribution in [-0.4, -0.2) is 29.8 Å². The number of amides is 2. The molecule has 0 aromatic heterocycles. The van der Waals surface area contributed by atoms with Crippen LogP contribution in [0.3, 0.4) is 0 Å². The van der Waals surface area contributed by atoms with Crippen molar-refractivity contribution in [3.05, 3.63) is 63.7 Å². The molecule has 0 unspecified atom stereocenters. The fourth-order valence-electron chi connectivity index (χ4n) is 3.39. The molecule has 146 valence electrons. The van der Waals surface area contributed by atoms with Gasteiger partial charge in [-0.25, -0.2) is 0 Å². The Morgan fingerprint density at radius 1 is 1.04 bits per heavy atom. The van der Waals surface area contributed by atoms with Gasteiger partial charge in [-0.15, -0.1) is 0 Å². The molecule has 3 rings (SSSR count). The van der Waals surface area contributed by atoms with Crippen LogP contribution in [0, 0.1) is 10.1 Å². The topological polar surface area (TPSA) is 119 Å². The van der Waals surface area contributed by atoms with Crippen LogP contribution in [0.5, 0.6) is 0 Å². The summed E-state index contributed by atoms with van der Waals surface area (Å²) in [4.78, 5) is 37.3. The average molecular weight is 382 g/mol. The monoisotopic (exact) mass is 382 g/mol. The van der Waals surface area contributed by atoms with Crippen molar-refractivity contribution in [2.45, 2.75) is 25.7 Å². The lowest BCUT2D eigenvalue weighted by atomic mass is 10.1. The van der Waals surface area contributed by atoms with Crippen LogP contribution in [0.15, 0.2) is 42.5 Å². The molecule has 8 heteroatoms. The lowest BCUT2D eigenvalue weighted by molar-refractivity contribution is -0.384. The number of benzene rings is 2. The third-order valence-electron chi connectivity index (χ3n) is 4.82. The first-order valence-corrected chi connectivity index (χ1v) is 9.21. The number of hydrogen-bond donors (Lipinski definition) is 2. The highest BCUT2D eigenvalue weighted by Crippen LogP contribution is 2.31. The highest BCUT2D eigenvalue weighted by molar-refractivity contribution is 6.09. The molecule has 0 spiro atoms. The van der Waals surface area contributed by atoms with Gasteiger partial charge in [-0.3, -0.25) is 19.7 Å². The van der Waals surface area contributed by atoms with Gasteiger partial charge in [0.2, 0.25) is 0 Å². The number of carbonyl (C=O) groups excluding carboxylic acids is 2. The number of nitrogens with one attached hydrogen (secondary N) is 1. The summed E-state index contributed by atoms with van der Waals surface area (Å²) < 4.78 is 0. The molecule has 0 saturated carbocycles. The Bertz CT molecular complexity index is 905. The summed E-state index contributed by atoms with van der Waals surface area (Å²) in [6.07, 6.45) is 4.21. The second kappa shape index (κ2) is 8.51. The van der Waals surface area contributed by atoms with Crippen molar-refractivity contribution < 1.29 is 14.5 Å². The molecule has 2 aromatic carbocycles. The highest BCUT2D eigenvalue weighted by atomic mass is 16.6. The maximum absolute atomic E-state index is 12.6. The molecular formula is C20H22N4O4. The number of rotatable bonds is 5. The van der Waals surface area contributed by atoms with Crippen molar-refractivity contribution in [2.75, 3.05) is 23.3 Å². The normalized spacial score (nSPS) is 14.2. The van der Waals surface area contributed by atoms with Gasteiger partial charge >= 0.3 is 0 Å². The summed E-state index contributed by atoms with van der Waals surface area (Å²) in [5, 5.41) is 14.2. The number of primary amides is 1. The second-order valence-electron chi connectivity index (χ2n) is 6.73. The number of carbonyl (C=O) groups is 2. The van der Waals surface area contributed by atoms with E-state index >= 15 is 0 Å². The van der Waals surface area contributed by atoms with Crippen molar-refractivity contribution in [1.29, 1.82) is 0 Å². The molecule has 0 aliphatic carbocycles. The van der Waals surface area contributed by atoms with E-state index in [2.05, 4.69) is 5.32 Å². The van der Waals surface area contributed by atoms with Gasteiger partial charge in [0.05, 0.1) is 16.2 Å². The lowest BCUT2D eigenvalue weighted by Gasteiger charge is -2.22. The molecule has 2 aromatic rings. The van der Waals surface area contributed by atoms with Crippen LogP contribution in [0.25, 0.3) is 0 Å². The number of nitro benzene ring substituents is 1. The van der Waals surface area contributed by atoms with Gasteiger partial charge in [0.1, 0.15) is 5.69 Å². The molecule has 28 heavy (non-hydrogen) atoms. The van der Waals surface area contributed by atoms with Gasteiger partial charge in [0.25, 0.3) is 17.5 Å². The van der Waals surface area contributed by atoms with E-state index in [-0.39, 0.29) is 22.5 Å². The van der Waals surface area contributed by atoms with E-state index in [1.807, 2.05) is 4.90 Å². The van der Waals surface area contributed by atoms with Gasteiger partial charge in [-0.2, -0.15) is 0 Å². The SMILES string of the molecule is NC(=O)c1ccccc1NC(=O)c1ccc(N2CCCCCC2)c([N+](=O)[O-])c1. The first-order chi connectivity index (χ1) is 13.5. The van der Waals surface area contributed by atoms with E-state index in [1.165, 1.54) is 12.1 Å². The summed E-state index contributed by atoms with van der Waals surface area (Å²) in [6.45, 7) is 1.52. The van der Waals surface area contributed by atoms with Gasteiger partial charge in [0.15, 0.2) is 0 Å². The molecular weight excluding hydrogens is 360 g/mol. The first-order valence-electron chi connectivity index (χ1n) is 9.21. The Morgan fingerprint density at radius 3 is 2.36 bits per heavy atom. The third kappa shape index (κ3) is 4.28. The van der Waals surface area contributed by atoms with Gasteiger partial charge in [-0.05, 0) is 37.1 Å². The second-order valence-corrected chi connectivity index (χ2v) is 6.73. The Balaban J connectivity index is 1.88. The molecule has 2 amide bonds. The Kier molecular flexibility index (Phi) is 5.88. The fraction of sp³-hybridized carbons (Fsp3) is 0.300. The number of hydrogen-bond acceptors (Lipinski definition) is 5. The molecule has 3 N–H and O–H groups in total.